The zero-order valence-corrected chi connectivity index (χ0v) is 10.8. The first-order valence-corrected chi connectivity index (χ1v) is 6.12. The summed E-state index contributed by atoms with van der Waals surface area (Å²) in [5.41, 5.74) is 1.37. The van der Waals surface area contributed by atoms with E-state index in [1.165, 1.54) is 0 Å². The molecule has 98 valence electrons. The van der Waals surface area contributed by atoms with Crippen molar-refractivity contribution in [2.24, 2.45) is 0 Å². The third-order valence-electron chi connectivity index (χ3n) is 2.78. The zero-order chi connectivity index (χ0) is 13.5. The third kappa shape index (κ3) is 4.84. The molecule has 18 heavy (non-hydrogen) atoms. The van der Waals surface area contributed by atoms with Gasteiger partial charge >= 0.3 is 0 Å². The average molecular weight is 248 g/mol. The summed E-state index contributed by atoms with van der Waals surface area (Å²) in [6.45, 7) is 4.15. The third-order valence-corrected chi connectivity index (χ3v) is 2.78. The van der Waals surface area contributed by atoms with Gasteiger partial charge in [-0.1, -0.05) is 12.1 Å². The van der Waals surface area contributed by atoms with Crippen LogP contribution in [0, 0.1) is 11.3 Å². The highest BCUT2D eigenvalue weighted by Crippen LogP contribution is 2.13. The largest absolute Gasteiger partial charge is 0.393 e. The number of nitrogens with one attached hydrogen (secondary N) is 1. The van der Waals surface area contributed by atoms with Crippen LogP contribution in [0.1, 0.15) is 37.5 Å². The number of nitriles is 1. The van der Waals surface area contributed by atoms with Gasteiger partial charge in [-0.3, -0.25) is 0 Å². The van der Waals surface area contributed by atoms with Gasteiger partial charge in [0.05, 0.1) is 23.8 Å². The predicted octanol–water partition coefficient (Wildman–Crippen LogP) is 1.34. The Morgan fingerprint density at radius 3 is 2.33 bits per heavy atom. The van der Waals surface area contributed by atoms with Crippen molar-refractivity contribution in [3.8, 4) is 6.07 Å². The minimum Gasteiger partial charge on any atom is -0.393 e. The molecule has 0 saturated heterocycles. The van der Waals surface area contributed by atoms with Crippen LogP contribution in [0.5, 0.6) is 0 Å². The Kier molecular flexibility index (Phi) is 5.79. The molecule has 0 amide bonds. The SMILES string of the molecule is CC(O)CC(C)NCC(O)c1ccc(C#N)cc1. The van der Waals surface area contributed by atoms with Gasteiger partial charge in [0.25, 0.3) is 0 Å². The Morgan fingerprint density at radius 1 is 1.22 bits per heavy atom. The molecule has 0 heterocycles. The quantitative estimate of drug-likeness (QED) is 0.710. The Bertz CT molecular complexity index is 395. The molecular formula is C14H20N2O2. The predicted molar refractivity (Wildman–Crippen MR) is 69.9 cm³/mol. The molecule has 1 aromatic carbocycles. The van der Waals surface area contributed by atoms with E-state index >= 15 is 0 Å². The number of rotatable bonds is 6. The molecule has 0 aromatic heterocycles. The second-order valence-corrected chi connectivity index (χ2v) is 4.64. The van der Waals surface area contributed by atoms with Gasteiger partial charge in [-0.05, 0) is 38.0 Å². The van der Waals surface area contributed by atoms with Crippen LogP contribution in [0.3, 0.4) is 0 Å². The van der Waals surface area contributed by atoms with Crippen molar-refractivity contribution in [1.82, 2.24) is 5.32 Å². The summed E-state index contributed by atoms with van der Waals surface area (Å²) in [5, 5.41) is 31.0. The van der Waals surface area contributed by atoms with Crippen LogP contribution in [-0.2, 0) is 0 Å². The lowest BCUT2D eigenvalue weighted by Crippen LogP contribution is -2.32. The molecular weight excluding hydrogens is 228 g/mol. The lowest BCUT2D eigenvalue weighted by atomic mass is 10.1. The maximum absolute atomic E-state index is 9.96. The van der Waals surface area contributed by atoms with Gasteiger partial charge in [-0.15, -0.1) is 0 Å². The highest BCUT2D eigenvalue weighted by molar-refractivity contribution is 5.32. The molecule has 0 aliphatic heterocycles. The number of nitrogens with zero attached hydrogens (tertiary/aromatic N) is 1. The summed E-state index contributed by atoms with van der Waals surface area (Å²) in [6, 6.07) is 9.08. The van der Waals surface area contributed by atoms with Crippen molar-refractivity contribution >= 4 is 0 Å². The second kappa shape index (κ2) is 7.12. The molecule has 0 aliphatic rings. The van der Waals surface area contributed by atoms with Gasteiger partial charge < -0.3 is 15.5 Å². The molecule has 4 heteroatoms. The highest BCUT2D eigenvalue weighted by atomic mass is 16.3. The van der Waals surface area contributed by atoms with Crippen LogP contribution in [0.15, 0.2) is 24.3 Å². The number of aliphatic hydroxyl groups is 2. The minimum absolute atomic E-state index is 0.151. The molecule has 0 spiro atoms. The molecule has 1 aromatic rings. The molecule has 4 nitrogen and oxygen atoms in total. The number of hydrogen-bond donors (Lipinski definition) is 3. The fraction of sp³-hybridized carbons (Fsp3) is 0.500. The Morgan fingerprint density at radius 2 is 1.83 bits per heavy atom. The van der Waals surface area contributed by atoms with Crippen molar-refractivity contribution in [1.29, 1.82) is 5.26 Å². The van der Waals surface area contributed by atoms with Gasteiger partial charge in [0, 0.05) is 12.6 Å². The average Bonchev–Trinajstić information content (AvgIpc) is 2.35. The van der Waals surface area contributed by atoms with Crippen molar-refractivity contribution in [3.63, 3.8) is 0 Å². The summed E-state index contributed by atoms with van der Waals surface area (Å²) < 4.78 is 0. The molecule has 3 atom stereocenters. The first-order chi connectivity index (χ1) is 8.52. The van der Waals surface area contributed by atoms with E-state index in [0.717, 1.165) is 5.56 Å². The van der Waals surface area contributed by atoms with Gasteiger partial charge in [0.1, 0.15) is 0 Å². The maximum atomic E-state index is 9.96. The summed E-state index contributed by atoms with van der Waals surface area (Å²) >= 11 is 0. The van der Waals surface area contributed by atoms with Gasteiger partial charge in [-0.25, -0.2) is 0 Å². The molecule has 3 N–H and O–H groups in total. The molecule has 0 aliphatic carbocycles. The van der Waals surface area contributed by atoms with Gasteiger partial charge in [0.2, 0.25) is 0 Å². The standard InChI is InChI=1S/C14H20N2O2/c1-10(7-11(2)17)16-9-14(18)13-5-3-12(8-15)4-6-13/h3-6,10-11,14,16-18H,7,9H2,1-2H3. The van der Waals surface area contributed by atoms with Crippen LogP contribution in [0.4, 0.5) is 0 Å². The van der Waals surface area contributed by atoms with E-state index in [1.807, 2.05) is 13.0 Å². The topological polar surface area (TPSA) is 76.3 Å². The zero-order valence-electron chi connectivity index (χ0n) is 10.8. The van der Waals surface area contributed by atoms with Gasteiger partial charge in [0.15, 0.2) is 0 Å². The lowest BCUT2D eigenvalue weighted by molar-refractivity contribution is 0.149. The summed E-state index contributed by atoms with van der Waals surface area (Å²) in [6.07, 6.45) is -0.297. The maximum Gasteiger partial charge on any atom is 0.0991 e. The molecule has 0 radical (unpaired) electrons. The smallest absolute Gasteiger partial charge is 0.0991 e. The Hall–Kier alpha value is -1.41. The summed E-state index contributed by atoms with van der Waals surface area (Å²) in [7, 11) is 0. The summed E-state index contributed by atoms with van der Waals surface area (Å²) in [5.74, 6) is 0. The van der Waals surface area contributed by atoms with E-state index in [0.29, 0.717) is 18.5 Å². The lowest BCUT2D eigenvalue weighted by Gasteiger charge is -2.18. The number of benzene rings is 1. The number of hydrogen-bond acceptors (Lipinski definition) is 4. The van der Waals surface area contributed by atoms with Crippen LogP contribution in [0.2, 0.25) is 0 Å². The van der Waals surface area contributed by atoms with Crippen molar-refractivity contribution in [2.45, 2.75) is 38.5 Å². The first kappa shape index (κ1) is 14.7. The van der Waals surface area contributed by atoms with Crippen molar-refractivity contribution in [3.05, 3.63) is 35.4 Å². The van der Waals surface area contributed by atoms with E-state index in [9.17, 15) is 10.2 Å². The van der Waals surface area contributed by atoms with E-state index in [2.05, 4.69) is 5.32 Å². The fourth-order valence-corrected chi connectivity index (χ4v) is 1.81. The van der Waals surface area contributed by atoms with E-state index in [4.69, 9.17) is 5.26 Å². The summed E-state index contributed by atoms with van der Waals surface area (Å²) in [4.78, 5) is 0. The van der Waals surface area contributed by atoms with Crippen LogP contribution >= 0.6 is 0 Å². The Labute approximate surface area is 108 Å². The molecule has 1 rings (SSSR count). The van der Waals surface area contributed by atoms with E-state index in [-0.39, 0.29) is 12.1 Å². The van der Waals surface area contributed by atoms with Crippen LogP contribution in [0.25, 0.3) is 0 Å². The first-order valence-electron chi connectivity index (χ1n) is 6.12. The van der Waals surface area contributed by atoms with Crippen molar-refractivity contribution < 1.29 is 10.2 Å². The highest BCUT2D eigenvalue weighted by Gasteiger charge is 2.10. The van der Waals surface area contributed by atoms with E-state index in [1.54, 1.807) is 31.2 Å². The Balaban J connectivity index is 2.45. The van der Waals surface area contributed by atoms with Crippen LogP contribution in [-0.4, -0.2) is 28.9 Å². The van der Waals surface area contributed by atoms with Gasteiger partial charge in [-0.2, -0.15) is 5.26 Å². The molecule has 3 unspecified atom stereocenters. The normalized spacial score (nSPS) is 15.7. The molecule has 0 saturated carbocycles. The van der Waals surface area contributed by atoms with Crippen LogP contribution < -0.4 is 5.32 Å². The fourth-order valence-electron chi connectivity index (χ4n) is 1.81. The second-order valence-electron chi connectivity index (χ2n) is 4.64. The van der Waals surface area contributed by atoms with Crippen molar-refractivity contribution in [2.75, 3.05) is 6.54 Å². The van der Waals surface area contributed by atoms with E-state index < -0.39 is 6.10 Å². The number of aliphatic hydroxyl groups excluding tert-OH is 2. The molecule has 0 bridgehead atoms. The molecule has 0 fully saturated rings. The minimum atomic E-state index is -0.603. The monoisotopic (exact) mass is 248 g/mol.